The number of rotatable bonds is 5. The predicted molar refractivity (Wildman–Crippen MR) is 64.7 cm³/mol. The molecule has 106 valence electrons. The maximum absolute atomic E-state index is 12.4. The number of aliphatic carboxylic acids is 1. The lowest BCUT2D eigenvalue weighted by molar-refractivity contribution is -0.140. The number of benzene rings is 1. The van der Waals surface area contributed by atoms with Crippen molar-refractivity contribution < 1.29 is 23.1 Å². The number of hydrogen-bond acceptors (Lipinski definition) is 2. The van der Waals surface area contributed by atoms with Gasteiger partial charge < -0.3 is 5.11 Å². The van der Waals surface area contributed by atoms with Crippen molar-refractivity contribution in [2.75, 3.05) is 0 Å². The van der Waals surface area contributed by atoms with E-state index in [1.54, 1.807) is 13.8 Å². The van der Waals surface area contributed by atoms with Gasteiger partial charge in [-0.15, -0.1) is 0 Å². The minimum Gasteiger partial charge on any atom is -0.480 e. The van der Waals surface area contributed by atoms with Crippen molar-refractivity contribution in [3.8, 4) is 0 Å². The Hall–Kier alpha value is -1.56. The molecule has 3 nitrogen and oxygen atoms in total. The van der Waals surface area contributed by atoms with E-state index in [2.05, 4.69) is 5.32 Å². The van der Waals surface area contributed by atoms with Gasteiger partial charge in [-0.1, -0.05) is 19.1 Å². The van der Waals surface area contributed by atoms with E-state index in [4.69, 9.17) is 5.11 Å². The SMILES string of the molecule is CCC(NC(C)c1ccc(C(F)(F)F)cc1)C(=O)O. The molecule has 0 aliphatic rings. The maximum Gasteiger partial charge on any atom is 0.416 e. The fourth-order valence-electron chi connectivity index (χ4n) is 1.72. The largest absolute Gasteiger partial charge is 0.480 e. The molecule has 0 saturated carbocycles. The Morgan fingerprint density at radius 1 is 1.32 bits per heavy atom. The van der Waals surface area contributed by atoms with E-state index in [1.165, 1.54) is 12.1 Å². The molecule has 1 aromatic carbocycles. The number of carboxylic acids is 1. The van der Waals surface area contributed by atoms with Crippen LogP contribution in [0.25, 0.3) is 0 Å². The van der Waals surface area contributed by atoms with Crippen LogP contribution in [-0.2, 0) is 11.0 Å². The van der Waals surface area contributed by atoms with Crippen molar-refractivity contribution in [3.63, 3.8) is 0 Å². The summed E-state index contributed by atoms with van der Waals surface area (Å²) in [6.07, 6.45) is -3.96. The van der Waals surface area contributed by atoms with E-state index in [0.717, 1.165) is 12.1 Å². The van der Waals surface area contributed by atoms with Gasteiger partial charge in [0.25, 0.3) is 0 Å². The average molecular weight is 275 g/mol. The van der Waals surface area contributed by atoms with Gasteiger partial charge in [0.05, 0.1) is 5.56 Å². The second kappa shape index (κ2) is 6.06. The third-order valence-corrected chi connectivity index (χ3v) is 2.90. The Bertz CT molecular complexity index is 429. The molecular formula is C13H16F3NO2. The Balaban J connectivity index is 2.78. The van der Waals surface area contributed by atoms with E-state index in [-0.39, 0.29) is 6.04 Å². The van der Waals surface area contributed by atoms with E-state index >= 15 is 0 Å². The molecule has 2 atom stereocenters. The number of alkyl halides is 3. The Labute approximate surface area is 109 Å². The smallest absolute Gasteiger partial charge is 0.416 e. The highest BCUT2D eigenvalue weighted by atomic mass is 19.4. The first-order valence-electron chi connectivity index (χ1n) is 5.91. The lowest BCUT2D eigenvalue weighted by Crippen LogP contribution is -2.37. The van der Waals surface area contributed by atoms with Gasteiger partial charge >= 0.3 is 12.1 Å². The van der Waals surface area contributed by atoms with E-state index < -0.39 is 23.8 Å². The average Bonchev–Trinajstić information content (AvgIpc) is 2.34. The maximum atomic E-state index is 12.4. The van der Waals surface area contributed by atoms with Crippen molar-refractivity contribution in [2.45, 2.75) is 38.5 Å². The molecule has 0 aromatic heterocycles. The first-order valence-corrected chi connectivity index (χ1v) is 5.91. The van der Waals surface area contributed by atoms with Crippen molar-refractivity contribution in [2.24, 2.45) is 0 Å². The van der Waals surface area contributed by atoms with Gasteiger partial charge in [0.15, 0.2) is 0 Å². The first-order chi connectivity index (χ1) is 8.75. The molecule has 0 spiro atoms. The van der Waals surface area contributed by atoms with Crippen molar-refractivity contribution in [1.29, 1.82) is 0 Å². The van der Waals surface area contributed by atoms with Crippen LogP contribution in [0.1, 0.15) is 37.4 Å². The van der Waals surface area contributed by atoms with Crippen molar-refractivity contribution in [3.05, 3.63) is 35.4 Å². The van der Waals surface area contributed by atoms with Gasteiger partial charge in [0, 0.05) is 6.04 Å². The second-order valence-corrected chi connectivity index (χ2v) is 4.31. The summed E-state index contributed by atoms with van der Waals surface area (Å²) in [7, 11) is 0. The van der Waals surface area contributed by atoms with Gasteiger partial charge in [-0.2, -0.15) is 13.2 Å². The molecule has 0 aliphatic carbocycles. The van der Waals surface area contributed by atoms with Gasteiger partial charge in [-0.05, 0) is 31.0 Å². The summed E-state index contributed by atoms with van der Waals surface area (Å²) in [5, 5.41) is 11.8. The van der Waals surface area contributed by atoms with Crippen LogP contribution in [-0.4, -0.2) is 17.1 Å². The summed E-state index contributed by atoms with van der Waals surface area (Å²) >= 11 is 0. The summed E-state index contributed by atoms with van der Waals surface area (Å²) in [5.74, 6) is -0.971. The highest BCUT2D eigenvalue weighted by Crippen LogP contribution is 2.29. The highest BCUT2D eigenvalue weighted by molar-refractivity contribution is 5.73. The third kappa shape index (κ3) is 4.24. The summed E-state index contributed by atoms with van der Waals surface area (Å²) in [6.45, 7) is 3.44. The standard InChI is InChI=1S/C13H16F3NO2/c1-3-11(12(18)19)17-8(2)9-4-6-10(7-5-9)13(14,15)16/h4-8,11,17H,3H2,1-2H3,(H,18,19). The Kier molecular flexibility index (Phi) is 4.94. The molecule has 19 heavy (non-hydrogen) atoms. The second-order valence-electron chi connectivity index (χ2n) is 4.31. The summed E-state index contributed by atoms with van der Waals surface area (Å²) in [4.78, 5) is 10.9. The molecule has 1 rings (SSSR count). The van der Waals surface area contributed by atoms with Crippen LogP contribution in [0.4, 0.5) is 13.2 Å². The van der Waals surface area contributed by atoms with Crippen LogP contribution in [0.5, 0.6) is 0 Å². The van der Waals surface area contributed by atoms with Crippen LogP contribution >= 0.6 is 0 Å². The quantitative estimate of drug-likeness (QED) is 0.867. The molecule has 0 amide bonds. The minimum absolute atomic E-state index is 0.330. The summed E-state index contributed by atoms with van der Waals surface area (Å²) < 4.78 is 37.2. The Morgan fingerprint density at radius 3 is 2.21 bits per heavy atom. The molecule has 6 heteroatoms. The molecule has 2 unspecified atom stereocenters. The summed E-state index contributed by atoms with van der Waals surface area (Å²) in [6, 6.07) is 3.66. The molecule has 0 heterocycles. The lowest BCUT2D eigenvalue weighted by atomic mass is 10.0. The monoisotopic (exact) mass is 275 g/mol. The van der Waals surface area contributed by atoms with Gasteiger partial charge in [0.2, 0.25) is 0 Å². The van der Waals surface area contributed by atoms with Crippen LogP contribution < -0.4 is 5.32 Å². The number of halogens is 3. The molecular weight excluding hydrogens is 259 g/mol. The molecule has 0 aliphatic heterocycles. The Morgan fingerprint density at radius 2 is 1.84 bits per heavy atom. The lowest BCUT2D eigenvalue weighted by Gasteiger charge is -2.19. The minimum atomic E-state index is -4.36. The number of carbonyl (C=O) groups is 1. The van der Waals surface area contributed by atoms with E-state index in [0.29, 0.717) is 12.0 Å². The van der Waals surface area contributed by atoms with E-state index in [9.17, 15) is 18.0 Å². The zero-order valence-corrected chi connectivity index (χ0v) is 10.7. The van der Waals surface area contributed by atoms with Crippen LogP contribution in [0.2, 0.25) is 0 Å². The number of nitrogens with one attached hydrogen (secondary N) is 1. The van der Waals surface area contributed by atoms with E-state index in [1.807, 2.05) is 0 Å². The normalized spacial score (nSPS) is 15.0. The first kappa shape index (κ1) is 15.5. The van der Waals surface area contributed by atoms with Crippen molar-refractivity contribution >= 4 is 5.97 Å². The molecule has 0 saturated heterocycles. The van der Waals surface area contributed by atoms with Crippen LogP contribution in [0.3, 0.4) is 0 Å². The fraction of sp³-hybridized carbons (Fsp3) is 0.462. The molecule has 0 radical (unpaired) electrons. The molecule has 1 aromatic rings. The predicted octanol–water partition coefficient (Wildman–Crippen LogP) is 3.22. The highest BCUT2D eigenvalue weighted by Gasteiger charge is 2.30. The number of carboxylic acid groups (broad SMARTS) is 1. The molecule has 0 fully saturated rings. The fourth-order valence-corrected chi connectivity index (χ4v) is 1.72. The zero-order valence-electron chi connectivity index (χ0n) is 10.7. The topological polar surface area (TPSA) is 49.3 Å². The van der Waals surface area contributed by atoms with Crippen LogP contribution in [0, 0.1) is 0 Å². The molecule has 0 bridgehead atoms. The van der Waals surface area contributed by atoms with Gasteiger partial charge in [-0.3, -0.25) is 10.1 Å². The summed E-state index contributed by atoms with van der Waals surface area (Å²) in [5.41, 5.74) is -0.0959. The zero-order chi connectivity index (χ0) is 14.6. The third-order valence-electron chi connectivity index (χ3n) is 2.90. The van der Waals surface area contributed by atoms with Gasteiger partial charge in [-0.25, -0.2) is 0 Å². The van der Waals surface area contributed by atoms with Crippen molar-refractivity contribution in [1.82, 2.24) is 5.32 Å². The van der Waals surface area contributed by atoms with Crippen LogP contribution in [0.15, 0.2) is 24.3 Å². The molecule has 2 N–H and O–H groups in total. The number of hydrogen-bond donors (Lipinski definition) is 2. The van der Waals surface area contributed by atoms with Gasteiger partial charge in [0.1, 0.15) is 6.04 Å².